The fraction of sp³-hybridized carbons (Fsp3) is 0.381. The average Bonchev–Trinajstić information content (AvgIpc) is 2.70. The topological polar surface area (TPSA) is 73.6 Å². The molecule has 1 aliphatic heterocycles. The minimum Gasteiger partial charge on any atom is -0.457 e. The van der Waals surface area contributed by atoms with E-state index in [0.29, 0.717) is 50.6 Å². The fourth-order valence-electron chi connectivity index (χ4n) is 3.22. The lowest BCUT2D eigenvalue weighted by Crippen LogP contribution is -2.48. The lowest BCUT2D eigenvalue weighted by Gasteiger charge is -2.34. The van der Waals surface area contributed by atoms with Crippen molar-refractivity contribution in [1.82, 2.24) is 5.32 Å². The molecule has 1 heterocycles. The number of nitrogens with two attached hydrogens (primary N) is 1. The third kappa shape index (κ3) is 5.22. The van der Waals surface area contributed by atoms with E-state index in [1.54, 1.807) is 12.1 Å². The molecule has 7 heteroatoms. The molecule has 5 nitrogen and oxygen atoms in total. The minimum atomic E-state index is -0.529. The fourth-order valence-corrected chi connectivity index (χ4v) is 3.22. The van der Waals surface area contributed by atoms with Crippen LogP contribution in [0.2, 0.25) is 0 Å². The lowest BCUT2D eigenvalue weighted by atomic mass is 9.79. The number of hydrogen-bond donors (Lipinski definition) is 2. The first-order valence-electron chi connectivity index (χ1n) is 9.11. The summed E-state index contributed by atoms with van der Waals surface area (Å²) in [4.78, 5) is 12.6. The van der Waals surface area contributed by atoms with Gasteiger partial charge in [0.15, 0.2) is 0 Å². The second-order valence-corrected chi connectivity index (χ2v) is 6.94. The van der Waals surface area contributed by atoms with Crippen molar-refractivity contribution in [1.29, 1.82) is 0 Å². The highest BCUT2D eigenvalue weighted by Crippen LogP contribution is 2.30. The van der Waals surface area contributed by atoms with Crippen molar-refractivity contribution < 1.29 is 18.7 Å². The quantitative estimate of drug-likeness (QED) is 0.764. The van der Waals surface area contributed by atoms with Crippen LogP contribution in [0.5, 0.6) is 11.5 Å². The molecule has 0 atom stereocenters. The van der Waals surface area contributed by atoms with Gasteiger partial charge in [-0.1, -0.05) is 12.1 Å². The number of halogens is 2. The third-order valence-electron chi connectivity index (χ3n) is 5.06. The van der Waals surface area contributed by atoms with Crippen molar-refractivity contribution in [2.45, 2.75) is 26.3 Å². The molecule has 3 N–H and O–H groups in total. The minimum absolute atomic E-state index is 0. The van der Waals surface area contributed by atoms with Gasteiger partial charge < -0.3 is 20.5 Å². The summed E-state index contributed by atoms with van der Waals surface area (Å²) in [6.45, 7) is 3.83. The standard InChI is InChI=1S/C21H25FN2O3.ClH/c1-15-12-16(2-7-19(15)27-18-5-3-17(22)4-6-18)13-24-20(25)21(14-23)8-10-26-11-9-21;/h2-7,12H,8-11,13-14,23H2,1H3,(H,24,25);1H. The Morgan fingerprint density at radius 3 is 2.50 bits per heavy atom. The maximum atomic E-state index is 13.0. The number of hydrogen-bond acceptors (Lipinski definition) is 4. The summed E-state index contributed by atoms with van der Waals surface area (Å²) in [5, 5.41) is 3.01. The molecule has 0 spiro atoms. The SMILES string of the molecule is Cc1cc(CNC(=O)C2(CN)CCOCC2)ccc1Oc1ccc(F)cc1.Cl. The Morgan fingerprint density at radius 2 is 1.89 bits per heavy atom. The van der Waals surface area contributed by atoms with Gasteiger partial charge in [-0.15, -0.1) is 12.4 Å². The second kappa shape index (κ2) is 9.87. The summed E-state index contributed by atoms with van der Waals surface area (Å²) in [6, 6.07) is 11.6. The molecule has 0 unspecified atom stereocenters. The molecule has 0 aliphatic carbocycles. The highest BCUT2D eigenvalue weighted by molar-refractivity contribution is 5.85. The van der Waals surface area contributed by atoms with Gasteiger partial charge in [0.1, 0.15) is 17.3 Å². The lowest BCUT2D eigenvalue weighted by molar-refractivity contribution is -0.136. The molecular weight excluding hydrogens is 383 g/mol. The molecule has 28 heavy (non-hydrogen) atoms. The van der Waals surface area contributed by atoms with E-state index < -0.39 is 5.41 Å². The maximum absolute atomic E-state index is 13.0. The maximum Gasteiger partial charge on any atom is 0.227 e. The molecule has 2 aromatic rings. The summed E-state index contributed by atoms with van der Waals surface area (Å²) in [7, 11) is 0. The number of carbonyl (C=O) groups excluding carboxylic acids is 1. The number of benzene rings is 2. The largest absolute Gasteiger partial charge is 0.457 e. The third-order valence-corrected chi connectivity index (χ3v) is 5.06. The van der Waals surface area contributed by atoms with Gasteiger partial charge in [-0.25, -0.2) is 4.39 Å². The molecule has 2 aromatic carbocycles. The van der Waals surface area contributed by atoms with Crippen LogP contribution in [-0.2, 0) is 16.1 Å². The van der Waals surface area contributed by atoms with Crippen molar-refractivity contribution in [3.63, 3.8) is 0 Å². The molecule has 0 radical (unpaired) electrons. The van der Waals surface area contributed by atoms with Crippen LogP contribution in [0.25, 0.3) is 0 Å². The van der Waals surface area contributed by atoms with Crippen LogP contribution < -0.4 is 15.8 Å². The Hall–Kier alpha value is -2.15. The van der Waals surface area contributed by atoms with Gasteiger partial charge in [-0.3, -0.25) is 4.79 Å². The van der Waals surface area contributed by atoms with Crippen molar-refractivity contribution >= 4 is 18.3 Å². The molecule has 152 valence electrons. The molecular formula is C21H26ClFN2O3. The highest BCUT2D eigenvalue weighted by atomic mass is 35.5. The number of rotatable bonds is 6. The van der Waals surface area contributed by atoms with Gasteiger partial charge in [0.25, 0.3) is 0 Å². The first-order chi connectivity index (χ1) is 13.0. The van der Waals surface area contributed by atoms with E-state index in [0.717, 1.165) is 11.1 Å². The Bertz CT molecular complexity index is 793. The summed E-state index contributed by atoms with van der Waals surface area (Å²) in [5.74, 6) is 0.951. The van der Waals surface area contributed by atoms with Gasteiger partial charge in [0, 0.05) is 26.3 Å². The molecule has 1 amide bonds. The van der Waals surface area contributed by atoms with E-state index in [1.165, 1.54) is 12.1 Å². The Labute approximate surface area is 170 Å². The van der Waals surface area contributed by atoms with E-state index in [-0.39, 0.29) is 24.1 Å². The number of amides is 1. The predicted octanol–water partition coefficient (Wildman–Crippen LogP) is 3.72. The van der Waals surface area contributed by atoms with E-state index >= 15 is 0 Å². The summed E-state index contributed by atoms with van der Waals surface area (Å²) < 4.78 is 24.1. The van der Waals surface area contributed by atoms with E-state index in [4.69, 9.17) is 15.2 Å². The summed E-state index contributed by atoms with van der Waals surface area (Å²) in [5.41, 5.74) is 7.26. The predicted molar refractivity (Wildman–Crippen MR) is 108 cm³/mol. The van der Waals surface area contributed by atoms with Crippen molar-refractivity contribution in [3.8, 4) is 11.5 Å². The normalized spacial score (nSPS) is 15.4. The van der Waals surface area contributed by atoms with Gasteiger partial charge in [0.05, 0.1) is 5.41 Å². The first-order valence-corrected chi connectivity index (χ1v) is 9.11. The van der Waals surface area contributed by atoms with E-state index in [2.05, 4.69) is 5.32 Å². The van der Waals surface area contributed by atoms with E-state index in [9.17, 15) is 9.18 Å². The highest BCUT2D eigenvalue weighted by Gasteiger charge is 2.38. The van der Waals surface area contributed by atoms with Crippen LogP contribution in [0.3, 0.4) is 0 Å². The van der Waals surface area contributed by atoms with Crippen LogP contribution in [-0.4, -0.2) is 25.7 Å². The molecule has 0 saturated carbocycles. The van der Waals surface area contributed by atoms with Gasteiger partial charge in [-0.2, -0.15) is 0 Å². The smallest absolute Gasteiger partial charge is 0.227 e. The second-order valence-electron chi connectivity index (χ2n) is 6.94. The Morgan fingerprint density at radius 1 is 1.21 bits per heavy atom. The number of carbonyl (C=O) groups is 1. The molecule has 0 aromatic heterocycles. The van der Waals surface area contributed by atoms with Gasteiger partial charge in [-0.05, 0) is 61.2 Å². The van der Waals surface area contributed by atoms with Gasteiger partial charge >= 0.3 is 0 Å². The van der Waals surface area contributed by atoms with Crippen LogP contribution >= 0.6 is 12.4 Å². The Balaban J connectivity index is 0.00000280. The zero-order chi connectivity index (χ0) is 19.3. The van der Waals surface area contributed by atoms with E-state index in [1.807, 2.05) is 25.1 Å². The van der Waals surface area contributed by atoms with Crippen LogP contribution in [0.1, 0.15) is 24.0 Å². The van der Waals surface area contributed by atoms with Crippen LogP contribution in [0, 0.1) is 18.2 Å². The number of ether oxygens (including phenoxy) is 2. The number of aryl methyl sites for hydroxylation is 1. The average molecular weight is 409 g/mol. The summed E-state index contributed by atoms with van der Waals surface area (Å²) >= 11 is 0. The van der Waals surface area contributed by atoms with Crippen molar-refractivity contribution in [2.24, 2.45) is 11.1 Å². The van der Waals surface area contributed by atoms with Crippen LogP contribution in [0.4, 0.5) is 4.39 Å². The molecule has 1 saturated heterocycles. The molecule has 3 rings (SSSR count). The van der Waals surface area contributed by atoms with Crippen LogP contribution in [0.15, 0.2) is 42.5 Å². The van der Waals surface area contributed by atoms with Crippen molar-refractivity contribution in [2.75, 3.05) is 19.8 Å². The Kier molecular flexibility index (Phi) is 7.80. The molecule has 0 bridgehead atoms. The monoisotopic (exact) mass is 408 g/mol. The molecule has 1 fully saturated rings. The van der Waals surface area contributed by atoms with Gasteiger partial charge in [0.2, 0.25) is 5.91 Å². The first kappa shape index (κ1) is 22.1. The zero-order valence-electron chi connectivity index (χ0n) is 15.9. The van der Waals surface area contributed by atoms with Crippen molar-refractivity contribution in [3.05, 3.63) is 59.4 Å². The zero-order valence-corrected chi connectivity index (χ0v) is 16.7. The molecule has 1 aliphatic rings. The summed E-state index contributed by atoms with van der Waals surface area (Å²) in [6.07, 6.45) is 1.30. The number of nitrogens with one attached hydrogen (secondary N) is 1.